The molecule has 2 saturated carbocycles. The molecule has 4 N–H and O–H groups in total. The topological polar surface area (TPSA) is 84.9 Å². The maximum absolute atomic E-state index is 12.0. The summed E-state index contributed by atoms with van der Waals surface area (Å²) < 4.78 is 11.9. The summed E-state index contributed by atoms with van der Waals surface area (Å²) in [6.45, 7) is 6.49. The van der Waals surface area contributed by atoms with E-state index >= 15 is 0 Å². The van der Waals surface area contributed by atoms with Crippen molar-refractivity contribution in [2.24, 2.45) is 23.0 Å². The average Bonchev–Trinajstić information content (AvgIpc) is 2.95. The second kappa shape index (κ2) is 9.14. The molecule has 5 aliphatic rings. The quantitative estimate of drug-likeness (QED) is 0.391. The van der Waals surface area contributed by atoms with E-state index in [4.69, 9.17) is 15.2 Å². The maximum atomic E-state index is 12.0. The van der Waals surface area contributed by atoms with E-state index in [0.29, 0.717) is 6.42 Å². The van der Waals surface area contributed by atoms with Gasteiger partial charge in [-0.25, -0.2) is 0 Å². The van der Waals surface area contributed by atoms with Gasteiger partial charge in [-0.15, -0.1) is 5.92 Å². The number of fused-ring (bicyclic) bond motifs is 4. The Kier molecular flexibility index (Phi) is 6.45. The largest absolute Gasteiger partial charge is 0.462 e. The summed E-state index contributed by atoms with van der Waals surface area (Å²) in [5.41, 5.74) is 9.31. The summed E-state index contributed by atoms with van der Waals surface area (Å²) in [5.74, 6) is 8.42. The monoisotopic (exact) mass is 479 g/mol. The van der Waals surface area contributed by atoms with Crippen molar-refractivity contribution in [1.29, 1.82) is 0 Å². The Morgan fingerprint density at radius 2 is 2.00 bits per heavy atom. The fourth-order valence-corrected chi connectivity index (χ4v) is 7.60. The van der Waals surface area contributed by atoms with Crippen LogP contribution < -0.4 is 5.73 Å². The van der Waals surface area contributed by atoms with E-state index in [-0.39, 0.29) is 24.7 Å². The highest BCUT2D eigenvalue weighted by atomic mass is 16.7. The van der Waals surface area contributed by atoms with Gasteiger partial charge in [-0.05, 0) is 93.1 Å². The number of unbranched alkanes of at least 4 members (excludes halogenated alkanes) is 2. The number of nitrogens with two attached hydrogens (primary N) is 1. The molecule has 1 aliphatic heterocycles. The van der Waals surface area contributed by atoms with Crippen LogP contribution in [0.15, 0.2) is 46.5 Å². The highest BCUT2D eigenvalue weighted by Gasteiger charge is 2.67. The van der Waals surface area contributed by atoms with Crippen LogP contribution in [0.25, 0.3) is 0 Å². The van der Waals surface area contributed by atoms with Crippen LogP contribution in [0.3, 0.4) is 0 Å². The predicted molar refractivity (Wildman–Crippen MR) is 137 cm³/mol. The second-order valence-corrected chi connectivity index (χ2v) is 11.5. The van der Waals surface area contributed by atoms with E-state index < -0.39 is 16.6 Å². The molecule has 1 heterocycles. The Labute approximate surface area is 210 Å². The molecule has 5 nitrogen and oxygen atoms in total. The molecule has 5 rings (SSSR count). The van der Waals surface area contributed by atoms with Gasteiger partial charge in [0.2, 0.25) is 6.79 Å². The fraction of sp³-hybridized carbons (Fsp3) is 0.667. The Bertz CT molecular complexity index is 1060. The van der Waals surface area contributed by atoms with Gasteiger partial charge in [0.1, 0.15) is 11.4 Å². The first-order chi connectivity index (χ1) is 16.7. The van der Waals surface area contributed by atoms with Crippen molar-refractivity contribution in [1.82, 2.24) is 0 Å². The van der Waals surface area contributed by atoms with E-state index in [1.165, 1.54) is 16.7 Å². The molecule has 190 valence electrons. The normalized spacial score (nSPS) is 40.4. The first-order valence-electron chi connectivity index (χ1n) is 13.5. The molecule has 0 aromatic heterocycles. The third kappa shape index (κ3) is 3.99. The van der Waals surface area contributed by atoms with Crippen molar-refractivity contribution in [3.8, 4) is 11.8 Å². The highest BCUT2D eigenvalue weighted by Crippen LogP contribution is 2.66. The van der Waals surface area contributed by atoms with Gasteiger partial charge in [0.15, 0.2) is 0 Å². The molecule has 5 heteroatoms. The van der Waals surface area contributed by atoms with Crippen LogP contribution in [0.5, 0.6) is 0 Å². The molecule has 0 amide bonds. The van der Waals surface area contributed by atoms with Gasteiger partial charge >= 0.3 is 0 Å². The Morgan fingerprint density at radius 3 is 2.80 bits per heavy atom. The van der Waals surface area contributed by atoms with Gasteiger partial charge < -0.3 is 25.4 Å². The zero-order valence-electron chi connectivity index (χ0n) is 21.5. The van der Waals surface area contributed by atoms with E-state index in [9.17, 15) is 10.2 Å². The lowest BCUT2D eigenvalue weighted by Crippen LogP contribution is -2.63. The molecule has 0 aromatic rings. The van der Waals surface area contributed by atoms with Gasteiger partial charge in [0, 0.05) is 23.3 Å². The van der Waals surface area contributed by atoms with Gasteiger partial charge in [-0.2, -0.15) is 0 Å². The third-order valence-electron chi connectivity index (χ3n) is 9.50. The third-order valence-corrected chi connectivity index (χ3v) is 9.50. The first-order valence-corrected chi connectivity index (χ1v) is 13.5. The standard InChI is InChI=1S/C30H41NO4/c1-4-5-6-7-14-29(33)15-13-26-28(29,3)18-24(25-11-8-20(2)34-19-35-25)27-23-10-9-22(32)17-21(23)12-16-30(26,27)31/h8,11,17,22,24,26,32-33H,4-6,9-10,12-13,15-16,18-19,31H2,1-3H3/t22?,24-,26-,28+,29+,30-/m1/s1. The summed E-state index contributed by atoms with van der Waals surface area (Å²) >= 11 is 0. The lowest BCUT2D eigenvalue weighted by atomic mass is 9.48. The van der Waals surface area contributed by atoms with Crippen LogP contribution >= 0.6 is 0 Å². The van der Waals surface area contributed by atoms with E-state index in [2.05, 4.69) is 25.7 Å². The lowest BCUT2D eigenvalue weighted by Gasteiger charge is -2.58. The van der Waals surface area contributed by atoms with Crippen LogP contribution in [-0.2, 0) is 9.47 Å². The van der Waals surface area contributed by atoms with Gasteiger partial charge in [-0.3, -0.25) is 0 Å². The molecule has 0 aromatic carbocycles. The zero-order chi connectivity index (χ0) is 24.8. The van der Waals surface area contributed by atoms with Gasteiger partial charge in [0.25, 0.3) is 0 Å². The van der Waals surface area contributed by atoms with Crippen molar-refractivity contribution in [2.75, 3.05) is 6.79 Å². The van der Waals surface area contributed by atoms with Crippen LogP contribution in [0.4, 0.5) is 0 Å². The maximum Gasteiger partial charge on any atom is 0.229 e. The summed E-state index contributed by atoms with van der Waals surface area (Å²) in [6.07, 6.45) is 14.1. The van der Waals surface area contributed by atoms with Crippen molar-refractivity contribution < 1.29 is 19.7 Å². The van der Waals surface area contributed by atoms with Crippen LogP contribution in [0.1, 0.15) is 85.0 Å². The van der Waals surface area contributed by atoms with E-state index in [1.807, 2.05) is 25.2 Å². The Morgan fingerprint density at radius 1 is 1.17 bits per heavy atom. The highest BCUT2D eigenvalue weighted by molar-refractivity contribution is 5.52. The molecular formula is C30H41NO4. The Hall–Kier alpha value is -2.00. The number of hydrogen-bond acceptors (Lipinski definition) is 5. The van der Waals surface area contributed by atoms with Crippen molar-refractivity contribution in [3.05, 3.63) is 46.5 Å². The minimum Gasteiger partial charge on any atom is -0.462 e. The summed E-state index contributed by atoms with van der Waals surface area (Å²) in [4.78, 5) is 0. The molecule has 2 fully saturated rings. The van der Waals surface area contributed by atoms with E-state index in [1.54, 1.807) is 0 Å². The molecule has 35 heavy (non-hydrogen) atoms. The van der Waals surface area contributed by atoms with Gasteiger partial charge in [-0.1, -0.05) is 32.3 Å². The molecule has 0 radical (unpaired) electrons. The SMILES string of the molecule is CCCCC#C[C@]1(O)CC[C@@H]2[C@]1(C)C[C@H](C1=CC=C(C)OCO1)C1=C3CCC(O)C=C3CC[C@]12N. The molecule has 0 spiro atoms. The predicted octanol–water partition coefficient (Wildman–Crippen LogP) is 5.01. The first kappa shape index (κ1) is 24.7. The number of ether oxygens (including phenoxy) is 2. The van der Waals surface area contributed by atoms with E-state index in [0.717, 1.165) is 69.3 Å². The Balaban J connectivity index is 1.64. The minimum atomic E-state index is -1.06. The molecule has 1 unspecified atom stereocenters. The molecule has 0 bridgehead atoms. The lowest BCUT2D eigenvalue weighted by molar-refractivity contribution is -0.0712. The zero-order valence-corrected chi connectivity index (χ0v) is 21.5. The average molecular weight is 480 g/mol. The number of allylic oxidation sites excluding steroid dienone is 6. The summed E-state index contributed by atoms with van der Waals surface area (Å²) in [6, 6.07) is 0. The van der Waals surface area contributed by atoms with Crippen molar-refractivity contribution >= 4 is 0 Å². The smallest absolute Gasteiger partial charge is 0.229 e. The number of aliphatic hydroxyl groups is 2. The minimum absolute atomic E-state index is 0.0528. The van der Waals surface area contributed by atoms with Gasteiger partial charge in [0.05, 0.1) is 11.9 Å². The molecule has 0 saturated heterocycles. The molecular weight excluding hydrogens is 438 g/mol. The van der Waals surface area contributed by atoms with Crippen molar-refractivity contribution in [2.45, 2.75) is 102 Å². The number of hydrogen-bond donors (Lipinski definition) is 3. The summed E-state index contributed by atoms with van der Waals surface area (Å²) in [7, 11) is 0. The van der Waals surface area contributed by atoms with Crippen LogP contribution in [0.2, 0.25) is 0 Å². The molecule has 6 atom stereocenters. The van der Waals surface area contributed by atoms with Crippen LogP contribution in [-0.4, -0.2) is 34.2 Å². The number of aliphatic hydroxyl groups excluding tert-OH is 1. The number of rotatable bonds is 3. The fourth-order valence-electron chi connectivity index (χ4n) is 7.60. The molecule has 4 aliphatic carbocycles. The van der Waals surface area contributed by atoms with Crippen molar-refractivity contribution in [3.63, 3.8) is 0 Å². The van der Waals surface area contributed by atoms with Crippen LogP contribution in [0, 0.1) is 29.1 Å². The second-order valence-electron chi connectivity index (χ2n) is 11.5. The summed E-state index contributed by atoms with van der Waals surface area (Å²) in [5, 5.41) is 22.4.